The van der Waals surface area contributed by atoms with E-state index in [4.69, 9.17) is 4.74 Å². The van der Waals surface area contributed by atoms with Crippen LogP contribution in [0.2, 0.25) is 0 Å². The van der Waals surface area contributed by atoms with E-state index in [9.17, 15) is 19.1 Å². The highest BCUT2D eigenvalue weighted by atomic mass is 79.9. The summed E-state index contributed by atoms with van der Waals surface area (Å²) in [5.74, 6) is -1.43. The lowest BCUT2D eigenvalue weighted by molar-refractivity contribution is -0.148. The number of nitrogens with one attached hydrogen (secondary N) is 1. The maximum atomic E-state index is 13.3. The largest absolute Gasteiger partial charge is 0.481 e. The molecule has 7 heteroatoms. The number of carboxylic acid groups (broad SMARTS) is 1. The van der Waals surface area contributed by atoms with Crippen LogP contribution in [0, 0.1) is 5.82 Å². The van der Waals surface area contributed by atoms with Crippen LogP contribution in [0.5, 0.6) is 0 Å². The second kappa shape index (κ2) is 6.11. The molecule has 1 aromatic rings. The maximum absolute atomic E-state index is 13.3. The molecule has 0 heterocycles. The molecule has 1 aliphatic carbocycles. The first kappa shape index (κ1) is 17.7. The van der Waals surface area contributed by atoms with Gasteiger partial charge in [-0.25, -0.2) is 9.18 Å². The number of amides is 1. The zero-order valence-electron chi connectivity index (χ0n) is 13.2. The molecule has 1 saturated carbocycles. The fraction of sp³-hybridized carbons (Fsp3) is 0.500. The summed E-state index contributed by atoms with van der Waals surface area (Å²) in [6.07, 6.45) is -0.0963. The van der Waals surface area contributed by atoms with Crippen LogP contribution in [0.25, 0.3) is 0 Å². The third-order valence-corrected chi connectivity index (χ3v) is 4.40. The SMILES string of the molecule is CC(C)(C)OC(=O)NC1CC(C(=O)O)(c2ccc(F)c(Br)c2)C1. The van der Waals surface area contributed by atoms with E-state index >= 15 is 0 Å². The van der Waals surface area contributed by atoms with Crippen LogP contribution in [0.1, 0.15) is 39.2 Å². The molecule has 2 rings (SSSR count). The number of aliphatic carboxylic acids is 1. The van der Waals surface area contributed by atoms with E-state index in [1.807, 2.05) is 0 Å². The molecule has 0 aliphatic heterocycles. The molecule has 1 fully saturated rings. The summed E-state index contributed by atoms with van der Waals surface area (Å²) in [4.78, 5) is 23.4. The highest BCUT2D eigenvalue weighted by molar-refractivity contribution is 9.10. The van der Waals surface area contributed by atoms with E-state index in [0.29, 0.717) is 5.56 Å². The maximum Gasteiger partial charge on any atom is 0.407 e. The van der Waals surface area contributed by atoms with Gasteiger partial charge in [0, 0.05) is 6.04 Å². The average Bonchev–Trinajstić information content (AvgIpc) is 2.34. The Morgan fingerprint density at radius 3 is 2.48 bits per heavy atom. The molecule has 0 saturated heterocycles. The number of benzene rings is 1. The normalized spacial score (nSPS) is 23.8. The number of alkyl carbamates (subject to hydrolysis) is 1. The first-order valence-corrected chi connectivity index (χ1v) is 8.01. The third-order valence-electron chi connectivity index (χ3n) is 3.79. The summed E-state index contributed by atoms with van der Waals surface area (Å²) >= 11 is 3.07. The number of carbonyl (C=O) groups excluding carboxylic acids is 1. The molecule has 23 heavy (non-hydrogen) atoms. The lowest BCUT2D eigenvalue weighted by Gasteiger charge is -2.45. The van der Waals surface area contributed by atoms with Crippen molar-refractivity contribution >= 4 is 28.0 Å². The molecular formula is C16H19BrFNO4. The highest BCUT2D eigenvalue weighted by Gasteiger charge is 2.52. The molecule has 126 valence electrons. The summed E-state index contributed by atoms with van der Waals surface area (Å²) in [6.45, 7) is 5.26. The van der Waals surface area contributed by atoms with Crippen molar-refractivity contribution in [3.05, 3.63) is 34.1 Å². The smallest absolute Gasteiger partial charge is 0.407 e. The minimum absolute atomic E-state index is 0.221. The number of ether oxygens (including phenoxy) is 1. The first-order chi connectivity index (χ1) is 10.5. The summed E-state index contributed by atoms with van der Waals surface area (Å²) in [5.41, 5.74) is -1.21. The zero-order chi connectivity index (χ0) is 17.4. The van der Waals surface area contributed by atoms with Crippen molar-refractivity contribution in [1.29, 1.82) is 0 Å². The van der Waals surface area contributed by atoms with E-state index in [1.165, 1.54) is 18.2 Å². The van der Waals surface area contributed by atoms with Crippen molar-refractivity contribution < 1.29 is 23.8 Å². The molecule has 1 amide bonds. The fourth-order valence-electron chi connectivity index (χ4n) is 2.69. The minimum atomic E-state index is -1.12. The quantitative estimate of drug-likeness (QED) is 0.830. The molecule has 0 spiro atoms. The van der Waals surface area contributed by atoms with E-state index in [2.05, 4.69) is 21.2 Å². The van der Waals surface area contributed by atoms with Crippen molar-refractivity contribution in [2.24, 2.45) is 0 Å². The summed E-state index contributed by atoms with van der Waals surface area (Å²) < 4.78 is 18.7. The van der Waals surface area contributed by atoms with Gasteiger partial charge in [0.25, 0.3) is 0 Å². The molecule has 1 aromatic carbocycles. The van der Waals surface area contributed by atoms with Crippen molar-refractivity contribution in [1.82, 2.24) is 5.32 Å². The van der Waals surface area contributed by atoms with Crippen molar-refractivity contribution in [3.63, 3.8) is 0 Å². The average molecular weight is 388 g/mol. The fourth-order valence-corrected chi connectivity index (χ4v) is 3.06. The lowest BCUT2D eigenvalue weighted by Crippen LogP contribution is -2.57. The number of hydrogen-bond acceptors (Lipinski definition) is 3. The van der Waals surface area contributed by atoms with Crippen LogP contribution in [0.15, 0.2) is 22.7 Å². The molecule has 0 aromatic heterocycles. The van der Waals surface area contributed by atoms with Crippen molar-refractivity contribution in [2.75, 3.05) is 0 Å². The highest BCUT2D eigenvalue weighted by Crippen LogP contribution is 2.45. The number of carboxylic acids is 1. The Hall–Kier alpha value is -1.63. The van der Waals surface area contributed by atoms with Gasteiger partial charge in [-0.15, -0.1) is 0 Å². The van der Waals surface area contributed by atoms with E-state index < -0.39 is 28.9 Å². The molecule has 1 aliphatic rings. The molecule has 0 bridgehead atoms. The van der Waals surface area contributed by atoms with Crippen molar-refractivity contribution in [2.45, 2.75) is 50.7 Å². The van der Waals surface area contributed by atoms with Gasteiger partial charge in [0.1, 0.15) is 11.4 Å². The van der Waals surface area contributed by atoms with Crippen LogP contribution in [-0.2, 0) is 14.9 Å². The van der Waals surface area contributed by atoms with Crippen LogP contribution in [0.3, 0.4) is 0 Å². The molecule has 0 radical (unpaired) electrons. The monoisotopic (exact) mass is 387 g/mol. The standard InChI is InChI=1S/C16H19BrFNO4/c1-15(2,3)23-14(22)19-10-7-16(8-10,13(20)21)9-4-5-12(18)11(17)6-9/h4-6,10H,7-8H2,1-3H3,(H,19,22)(H,20,21). The molecule has 2 N–H and O–H groups in total. The number of carbonyl (C=O) groups is 2. The predicted molar refractivity (Wildman–Crippen MR) is 85.8 cm³/mol. The Morgan fingerprint density at radius 2 is 2.00 bits per heavy atom. The summed E-state index contributed by atoms with van der Waals surface area (Å²) in [7, 11) is 0. The van der Waals surface area contributed by atoms with Crippen LogP contribution >= 0.6 is 15.9 Å². The van der Waals surface area contributed by atoms with Gasteiger partial charge in [-0.1, -0.05) is 6.07 Å². The topological polar surface area (TPSA) is 75.6 Å². The van der Waals surface area contributed by atoms with Gasteiger partial charge in [-0.2, -0.15) is 0 Å². The van der Waals surface area contributed by atoms with Crippen LogP contribution in [-0.4, -0.2) is 28.8 Å². The van der Waals surface area contributed by atoms with Gasteiger partial charge in [0.15, 0.2) is 0 Å². The Bertz CT molecular complexity index is 635. The van der Waals surface area contributed by atoms with Gasteiger partial charge in [-0.05, 0) is 67.2 Å². The van der Waals surface area contributed by atoms with Gasteiger partial charge in [-0.3, -0.25) is 4.79 Å². The Labute approximate surface area is 142 Å². The van der Waals surface area contributed by atoms with Crippen LogP contribution in [0.4, 0.5) is 9.18 Å². The molecule has 0 atom stereocenters. The van der Waals surface area contributed by atoms with Crippen molar-refractivity contribution in [3.8, 4) is 0 Å². The predicted octanol–water partition coefficient (Wildman–Crippen LogP) is 3.60. The second-order valence-corrected chi connectivity index (χ2v) is 7.62. The van der Waals surface area contributed by atoms with E-state index in [0.717, 1.165) is 0 Å². The Kier molecular flexibility index (Phi) is 4.71. The number of hydrogen-bond donors (Lipinski definition) is 2. The zero-order valence-corrected chi connectivity index (χ0v) is 14.7. The second-order valence-electron chi connectivity index (χ2n) is 6.77. The van der Waals surface area contributed by atoms with Gasteiger partial charge in [0.05, 0.1) is 9.89 Å². The third kappa shape index (κ3) is 3.83. The number of rotatable bonds is 3. The van der Waals surface area contributed by atoms with Gasteiger partial charge >= 0.3 is 12.1 Å². The van der Waals surface area contributed by atoms with Gasteiger partial charge in [0.2, 0.25) is 0 Å². The minimum Gasteiger partial charge on any atom is -0.481 e. The summed E-state index contributed by atoms with van der Waals surface area (Å²) in [5, 5.41) is 12.3. The Morgan fingerprint density at radius 1 is 1.39 bits per heavy atom. The van der Waals surface area contributed by atoms with E-state index in [1.54, 1.807) is 20.8 Å². The first-order valence-electron chi connectivity index (χ1n) is 7.22. The van der Waals surface area contributed by atoms with E-state index in [-0.39, 0.29) is 23.4 Å². The molecular weight excluding hydrogens is 369 g/mol. The molecule has 0 unspecified atom stereocenters. The summed E-state index contributed by atoms with van der Waals surface area (Å²) in [6, 6.07) is 3.90. The van der Waals surface area contributed by atoms with Crippen LogP contribution < -0.4 is 5.32 Å². The Balaban J connectivity index is 2.08. The lowest BCUT2D eigenvalue weighted by atomic mass is 9.61. The number of halogens is 2. The molecule has 5 nitrogen and oxygen atoms in total. The van der Waals surface area contributed by atoms with Gasteiger partial charge < -0.3 is 15.2 Å².